The van der Waals surface area contributed by atoms with Gasteiger partial charge in [-0.25, -0.2) is 0 Å². The third-order valence-corrected chi connectivity index (χ3v) is 3.60. The molecule has 0 spiro atoms. The molecule has 110 valence electrons. The highest BCUT2D eigenvalue weighted by atomic mass is 16.2. The molecule has 0 aliphatic heterocycles. The number of nitrogens with zero attached hydrogens (tertiary/aromatic N) is 1. The third-order valence-electron chi connectivity index (χ3n) is 3.60. The van der Waals surface area contributed by atoms with E-state index in [1.807, 2.05) is 48.5 Å². The Bertz CT molecular complexity index is 671. The normalized spacial score (nSPS) is 10.4. The van der Waals surface area contributed by atoms with Crippen LogP contribution in [0.4, 0.5) is 17.1 Å². The lowest BCUT2D eigenvalue weighted by molar-refractivity contribution is 0.299. The zero-order valence-electron chi connectivity index (χ0n) is 12.4. The first-order chi connectivity index (χ1) is 10.9. The number of para-hydroxylation sites is 2. The lowest BCUT2D eigenvalue weighted by Crippen LogP contribution is -2.10. The molecule has 0 aliphatic rings. The summed E-state index contributed by atoms with van der Waals surface area (Å²) in [4.78, 5) is 2.22. The van der Waals surface area contributed by atoms with Crippen LogP contribution in [0.3, 0.4) is 0 Å². The van der Waals surface area contributed by atoms with Gasteiger partial charge in [0.15, 0.2) is 0 Å². The van der Waals surface area contributed by atoms with E-state index < -0.39 is 0 Å². The Morgan fingerprint density at radius 3 is 1.73 bits per heavy atom. The van der Waals surface area contributed by atoms with Crippen molar-refractivity contribution in [2.75, 3.05) is 11.5 Å². The Morgan fingerprint density at radius 1 is 0.636 bits per heavy atom. The van der Waals surface area contributed by atoms with Crippen LogP contribution < -0.4 is 4.90 Å². The minimum Gasteiger partial charge on any atom is -0.396 e. The summed E-state index contributed by atoms with van der Waals surface area (Å²) in [5.41, 5.74) is 4.48. The molecule has 0 bridgehead atoms. The highest BCUT2D eigenvalue weighted by molar-refractivity contribution is 5.76. The molecule has 0 aromatic heterocycles. The average Bonchev–Trinajstić information content (AvgIpc) is 2.58. The monoisotopic (exact) mass is 289 g/mol. The maximum absolute atomic E-state index is 9.17. The zero-order valence-corrected chi connectivity index (χ0v) is 12.4. The van der Waals surface area contributed by atoms with Crippen molar-refractivity contribution in [3.05, 3.63) is 90.5 Å². The topological polar surface area (TPSA) is 23.5 Å². The number of rotatable bonds is 5. The Morgan fingerprint density at radius 2 is 1.18 bits per heavy atom. The molecule has 2 nitrogen and oxygen atoms in total. The molecular formula is C20H19NO. The van der Waals surface area contributed by atoms with Gasteiger partial charge in [0.2, 0.25) is 0 Å². The number of aliphatic hydroxyl groups excluding tert-OH is 1. The van der Waals surface area contributed by atoms with E-state index in [9.17, 15) is 0 Å². The first kappa shape index (κ1) is 14.4. The Balaban J connectivity index is 2.08. The number of hydrogen-bond donors (Lipinski definition) is 1. The first-order valence-corrected chi connectivity index (χ1v) is 7.48. The Labute approximate surface area is 131 Å². The van der Waals surface area contributed by atoms with Crippen LogP contribution >= 0.6 is 0 Å². The fourth-order valence-electron chi connectivity index (χ4n) is 2.58. The van der Waals surface area contributed by atoms with Crippen LogP contribution in [0.25, 0.3) is 0 Å². The van der Waals surface area contributed by atoms with Crippen molar-refractivity contribution in [3.8, 4) is 0 Å². The largest absolute Gasteiger partial charge is 0.396 e. The van der Waals surface area contributed by atoms with Crippen molar-refractivity contribution in [2.24, 2.45) is 0 Å². The van der Waals surface area contributed by atoms with Gasteiger partial charge < -0.3 is 10.0 Å². The van der Waals surface area contributed by atoms with Gasteiger partial charge in [0.05, 0.1) is 0 Å². The van der Waals surface area contributed by atoms with Gasteiger partial charge in [-0.15, -0.1) is 0 Å². The zero-order chi connectivity index (χ0) is 15.2. The number of benzene rings is 3. The second-order valence-electron chi connectivity index (χ2n) is 5.15. The van der Waals surface area contributed by atoms with E-state index in [0.717, 1.165) is 22.6 Å². The molecule has 3 aromatic rings. The summed E-state index contributed by atoms with van der Waals surface area (Å²) < 4.78 is 0. The lowest BCUT2D eigenvalue weighted by atomic mass is 10.1. The predicted octanol–water partition coefficient (Wildman–Crippen LogP) is 4.69. The number of anilines is 3. The van der Waals surface area contributed by atoms with E-state index in [-0.39, 0.29) is 6.61 Å². The van der Waals surface area contributed by atoms with Crippen LogP contribution in [-0.4, -0.2) is 11.7 Å². The standard InChI is InChI=1S/C20H19NO/c22-15-14-17-8-7-13-20(16-17)21(18-9-3-1-4-10-18)19-11-5-2-6-12-19/h1-13,16,22H,14-15H2. The van der Waals surface area contributed by atoms with Crippen LogP contribution in [0.1, 0.15) is 5.56 Å². The molecule has 1 N–H and O–H groups in total. The molecular weight excluding hydrogens is 270 g/mol. The summed E-state index contributed by atoms with van der Waals surface area (Å²) >= 11 is 0. The summed E-state index contributed by atoms with van der Waals surface area (Å²) in [7, 11) is 0. The van der Waals surface area contributed by atoms with E-state index in [0.29, 0.717) is 6.42 Å². The smallest absolute Gasteiger partial charge is 0.0471 e. The highest BCUT2D eigenvalue weighted by Crippen LogP contribution is 2.34. The summed E-state index contributed by atoms with van der Waals surface area (Å²) in [6.07, 6.45) is 0.672. The van der Waals surface area contributed by atoms with Gasteiger partial charge in [-0.05, 0) is 48.4 Å². The van der Waals surface area contributed by atoms with Crippen molar-refractivity contribution in [1.29, 1.82) is 0 Å². The van der Waals surface area contributed by atoms with Gasteiger partial charge in [0, 0.05) is 23.7 Å². The summed E-state index contributed by atoms with van der Waals surface area (Å²) in [5, 5.41) is 9.17. The third kappa shape index (κ3) is 3.18. The van der Waals surface area contributed by atoms with Crippen molar-refractivity contribution in [3.63, 3.8) is 0 Å². The summed E-state index contributed by atoms with van der Waals surface area (Å²) in [6.45, 7) is 0.167. The lowest BCUT2D eigenvalue weighted by Gasteiger charge is -2.25. The number of aliphatic hydroxyl groups is 1. The molecule has 0 heterocycles. The average molecular weight is 289 g/mol. The summed E-state index contributed by atoms with van der Waals surface area (Å²) in [6, 6.07) is 29.0. The predicted molar refractivity (Wildman–Crippen MR) is 91.9 cm³/mol. The van der Waals surface area contributed by atoms with E-state index in [1.54, 1.807) is 0 Å². The Kier molecular flexibility index (Phi) is 4.52. The molecule has 0 atom stereocenters. The fourth-order valence-corrected chi connectivity index (χ4v) is 2.58. The Hall–Kier alpha value is -2.58. The second kappa shape index (κ2) is 6.92. The van der Waals surface area contributed by atoms with Crippen LogP contribution in [0.5, 0.6) is 0 Å². The van der Waals surface area contributed by atoms with Crippen molar-refractivity contribution in [1.82, 2.24) is 0 Å². The molecule has 0 radical (unpaired) electrons. The van der Waals surface area contributed by atoms with E-state index in [4.69, 9.17) is 5.11 Å². The van der Waals surface area contributed by atoms with Gasteiger partial charge in [0.1, 0.15) is 0 Å². The maximum Gasteiger partial charge on any atom is 0.0471 e. The van der Waals surface area contributed by atoms with Crippen LogP contribution in [0, 0.1) is 0 Å². The molecule has 3 rings (SSSR count). The van der Waals surface area contributed by atoms with Crippen molar-refractivity contribution in [2.45, 2.75) is 6.42 Å². The molecule has 2 heteroatoms. The molecule has 0 unspecified atom stereocenters. The molecule has 0 fully saturated rings. The van der Waals surface area contributed by atoms with E-state index in [2.05, 4.69) is 41.3 Å². The molecule has 0 saturated heterocycles. The molecule has 0 amide bonds. The van der Waals surface area contributed by atoms with Crippen LogP contribution in [-0.2, 0) is 6.42 Å². The van der Waals surface area contributed by atoms with Gasteiger partial charge >= 0.3 is 0 Å². The van der Waals surface area contributed by atoms with E-state index >= 15 is 0 Å². The SMILES string of the molecule is OCCc1cccc(N(c2ccccc2)c2ccccc2)c1. The van der Waals surface area contributed by atoms with E-state index in [1.165, 1.54) is 0 Å². The quantitative estimate of drug-likeness (QED) is 0.736. The minimum absolute atomic E-state index is 0.167. The molecule has 0 aliphatic carbocycles. The molecule has 0 saturated carbocycles. The number of hydrogen-bond acceptors (Lipinski definition) is 2. The van der Waals surface area contributed by atoms with Gasteiger partial charge in [-0.2, -0.15) is 0 Å². The van der Waals surface area contributed by atoms with Crippen LogP contribution in [0.15, 0.2) is 84.9 Å². The van der Waals surface area contributed by atoms with Gasteiger partial charge in [0.25, 0.3) is 0 Å². The first-order valence-electron chi connectivity index (χ1n) is 7.48. The molecule has 22 heavy (non-hydrogen) atoms. The van der Waals surface area contributed by atoms with Gasteiger partial charge in [-0.3, -0.25) is 0 Å². The minimum atomic E-state index is 0.167. The highest BCUT2D eigenvalue weighted by Gasteiger charge is 2.11. The molecule has 3 aromatic carbocycles. The van der Waals surface area contributed by atoms with Gasteiger partial charge in [-0.1, -0.05) is 48.5 Å². The second-order valence-corrected chi connectivity index (χ2v) is 5.15. The maximum atomic E-state index is 9.17. The van der Waals surface area contributed by atoms with Crippen molar-refractivity contribution >= 4 is 17.1 Å². The van der Waals surface area contributed by atoms with Crippen LogP contribution in [0.2, 0.25) is 0 Å². The summed E-state index contributed by atoms with van der Waals surface area (Å²) in [5.74, 6) is 0. The van der Waals surface area contributed by atoms with Crippen molar-refractivity contribution < 1.29 is 5.11 Å². The fraction of sp³-hybridized carbons (Fsp3) is 0.100.